The Bertz CT molecular complexity index is 977. The van der Waals surface area contributed by atoms with Crippen molar-refractivity contribution in [1.29, 1.82) is 0 Å². The van der Waals surface area contributed by atoms with E-state index in [0.29, 0.717) is 17.0 Å². The van der Waals surface area contributed by atoms with Crippen LogP contribution < -0.4 is 15.0 Å². The molecule has 1 N–H and O–H groups in total. The molecule has 2 heterocycles. The molecule has 1 atom stereocenters. The third-order valence-electron chi connectivity index (χ3n) is 4.26. The Balaban J connectivity index is 1.79. The van der Waals surface area contributed by atoms with Crippen LogP contribution in [0.5, 0.6) is 5.75 Å². The number of rotatable bonds is 4. The van der Waals surface area contributed by atoms with Crippen LogP contribution in [0, 0.1) is 0 Å². The molecular formula is C20H16BrN3O2. The number of amides is 1. The summed E-state index contributed by atoms with van der Waals surface area (Å²) in [7, 11) is 1.61. The minimum Gasteiger partial charge on any atom is -0.497 e. The van der Waals surface area contributed by atoms with Crippen molar-refractivity contribution in [3.8, 4) is 5.75 Å². The standard InChI is InChI=1S/C20H16BrN3O2/c1-26-16-8-3-7-15(12-16)24-19(23-14-6-2-5-13(21)11-14)18-17(20(24)25)9-4-10-22-18/h2-12,19,23H,1H3/t19-/m0/s1. The number of aromatic nitrogens is 1. The van der Waals surface area contributed by atoms with Crippen LogP contribution >= 0.6 is 15.9 Å². The summed E-state index contributed by atoms with van der Waals surface area (Å²) in [5.74, 6) is 0.606. The largest absolute Gasteiger partial charge is 0.497 e. The first-order chi connectivity index (χ1) is 12.7. The molecule has 0 spiro atoms. The summed E-state index contributed by atoms with van der Waals surface area (Å²) in [5, 5.41) is 3.43. The van der Waals surface area contributed by atoms with Crippen LogP contribution in [0.4, 0.5) is 11.4 Å². The van der Waals surface area contributed by atoms with E-state index < -0.39 is 6.17 Å². The lowest BCUT2D eigenvalue weighted by Crippen LogP contribution is -2.32. The van der Waals surface area contributed by atoms with E-state index in [-0.39, 0.29) is 5.91 Å². The molecule has 0 aliphatic carbocycles. The van der Waals surface area contributed by atoms with Crippen LogP contribution in [0.1, 0.15) is 22.2 Å². The first-order valence-corrected chi connectivity index (χ1v) is 8.91. The highest BCUT2D eigenvalue weighted by Crippen LogP contribution is 2.38. The van der Waals surface area contributed by atoms with Gasteiger partial charge in [-0.3, -0.25) is 14.7 Å². The molecule has 0 saturated carbocycles. The van der Waals surface area contributed by atoms with Gasteiger partial charge in [-0.1, -0.05) is 28.1 Å². The second-order valence-corrected chi connectivity index (χ2v) is 6.79. The molecule has 0 unspecified atom stereocenters. The van der Waals surface area contributed by atoms with Crippen molar-refractivity contribution >= 4 is 33.2 Å². The van der Waals surface area contributed by atoms with E-state index in [1.54, 1.807) is 30.3 Å². The second-order valence-electron chi connectivity index (χ2n) is 5.87. The summed E-state index contributed by atoms with van der Waals surface area (Å²) in [6.07, 6.45) is 1.30. The fraction of sp³-hybridized carbons (Fsp3) is 0.100. The molecule has 26 heavy (non-hydrogen) atoms. The zero-order chi connectivity index (χ0) is 18.1. The number of ether oxygens (including phenoxy) is 1. The van der Waals surface area contributed by atoms with Gasteiger partial charge in [0.15, 0.2) is 6.17 Å². The third-order valence-corrected chi connectivity index (χ3v) is 4.76. The number of halogens is 1. The van der Waals surface area contributed by atoms with Gasteiger partial charge in [-0.15, -0.1) is 0 Å². The molecule has 5 nitrogen and oxygen atoms in total. The molecule has 4 rings (SSSR count). The van der Waals surface area contributed by atoms with E-state index in [0.717, 1.165) is 15.8 Å². The summed E-state index contributed by atoms with van der Waals surface area (Å²) in [6, 6.07) is 18.9. The topological polar surface area (TPSA) is 54.5 Å². The summed E-state index contributed by atoms with van der Waals surface area (Å²) >= 11 is 3.48. The Labute approximate surface area is 159 Å². The van der Waals surface area contributed by atoms with Crippen LogP contribution in [0.3, 0.4) is 0 Å². The Morgan fingerprint density at radius 1 is 1.12 bits per heavy atom. The minimum absolute atomic E-state index is 0.0890. The van der Waals surface area contributed by atoms with E-state index >= 15 is 0 Å². The van der Waals surface area contributed by atoms with Gasteiger partial charge in [0.2, 0.25) is 0 Å². The molecular weight excluding hydrogens is 394 g/mol. The van der Waals surface area contributed by atoms with Gasteiger partial charge in [-0.25, -0.2) is 0 Å². The lowest BCUT2D eigenvalue weighted by atomic mass is 10.2. The predicted molar refractivity (Wildman–Crippen MR) is 105 cm³/mol. The molecule has 0 fully saturated rings. The zero-order valence-corrected chi connectivity index (χ0v) is 15.6. The molecule has 1 amide bonds. The summed E-state index contributed by atoms with van der Waals surface area (Å²) in [6.45, 7) is 0. The number of carbonyl (C=O) groups excluding carboxylic acids is 1. The smallest absolute Gasteiger partial charge is 0.262 e. The highest BCUT2D eigenvalue weighted by atomic mass is 79.9. The maximum absolute atomic E-state index is 13.1. The molecule has 2 aromatic carbocycles. The van der Waals surface area contributed by atoms with Crippen LogP contribution in [-0.2, 0) is 0 Å². The number of nitrogens with one attached hydrogen (secondary N) is 1. The highest BCUT2D eigenvalue weighted by molar-refractivity contribution is 9.10. The van der Waals surface area contributed by atoms with Gasteiger partial charge in [-0.2, -0.15) is 0 Å². The Morgan fingerprint density at radius 2 is 1.96 bits per heavy atom. The fourth-order valence-corrected chi connectivity index (χ4v) is 3.48. The molecule has 1 aliphatic heterocycles. The van der Waals surface area contributed by atoms with Gasteiger partial charge >= 0.3 is 0 Å². The van der Waals surface area contributed by atoms with E-state index in [9.17, 15) is 4.79 Å². The van der Waals surface area contributed by atoms with Crippen LogP contribution in [-0.4, -0.2) is 18.0 Å². The number of nitrogens with zero attached hydrogens (tertiary/aromatic N) is 2. The van der Waals surface area contributed by atoms with Crippen LogP contribution in [0.15, 0.2) is 71.3 Å². The van der Waals surface area contributed by atoms with Crippen molar-refractivity contribution in [1.82, 2.24) is 4.98 Å². The number of hydrogen-bond acceptors (Lipinski definition) is 4. The number of methoxy groups -OCH3 is 1. The van der Waals surface area contributed by atoms with Crippen LogP contribution in [0.2, 0.25) is 0 Å². The summed E-state index contributed by atoms with van der Waals surface area (Å²) in [4.78, 5) is 19.2. The van der Waals surface area contributed by atoms with Crippen molar-refractivity contribution in [3.63, 3.8) is 0 Å². The zero-order valence-electron chi connectivity index (χ0n) is 14.0. The normalized spacial score (nSPS) is 15.7. The molecule has 3 aromatic rings. The van der Waals surface area contributed by atoms with Crippen molar-refractivity contribution in [2.24, 2.45) is 0 Å². The molecule has 1 aromatic heterocycles. The molecule has 0 radical (unpaired) electrons. The lowest BCUT2D eigenvalue weighted by molar-refractivity contribution is 0.0993. The predicted octanol–water partition coefficient (Wildman–Crippen LogP) is 4.62. The Morgan fingerprint density at radius 3 is 2.77 bits per heavy atom. The average Bonchev–Trinajstić information content (AvgIpc) is 2.94. The molecule has 130 valence electrons. The Hall–Kier alpha value is -2.86. The number of benzene rings is 2. The third kappa shape index (κ3) is 2.93. The van der Waals surface area contributed by atoms with Gasteiger partial charge in [0, 0.05) is 22.4 Å². The first-order valence-electron chi connectivity index (χ1n) is 8.12. The lowest BCUT2D eigenvalue weighted by Gasteiger charge is -2.27. The number of hydrogen-bond donors (Lipinski definition) is 1. The van der Waals surface area contributed by atoms with Crippen molar-refractivity contribution in [3.05, 3.63) is 82.6 Å². The second kappa shape index (κ2) is 6.80. The van der Waals surface area contributed by atoms with Crippen molar-refractivity contribution in [2.45, 2.75) is 6.17 Å². The first kappa shape index (κ1) is 16.6. The van der Waals surface area contributed by atoms with E-state index in [2.05, 4.69) is 26.2 Å². The van der Waals surface area contributed by atoms with Gasteiger partial charge in [0.1, 0.15) is 5.75 Å². The van der Waals surface area contributed by atoms with Gasteiger partial charge in [0.05, 0.1) is 24.1 Å². The minimum atomic E-state index is -0.403. The summed E-state index contributed by atoms with van der Waals surface area (Å²) in [5.41, 5.74) is 2.95. The fourth-order valence-electron chi connectivity index (χ4n) is 3.08. The van der Waals surface area contributed by atoms with E-state index in [4.69, 9.17) is 4.74 Å². The average molecular weight is 410 g/mol. The van der Waals surface area contributed by atoms with Gasteiger partial charge in [0.25, 0.3) is 5.91 Å². The monoisotopic (exact) mass is 409 g/mol. The van der Waals surface area contributed by atoms with Crippen molar-refractivity contribution < 1.29 is 9.53 Å². The molecule has 0 bridgehead atoms. The maximum atomic E-state index is 13.1. The molecule has 0 saturated heterocycles. The van der Waals surface area contributed by atoms with Gasteiger partial charge in [-0.05, 0) is 42.5 Å². The number of anilines is 2. The van der Waals surface area contributed by atoms with Crippen molar-refractivity contribution in [2.75, 3.05) is 17.3 Å². The quantitative estimate of drug-likeness (QED) is 0.682. The van der Waals surface area contributed by atoms with E-state index in [1.165, 1.54) is 0 Å². The molecule has 6 heteroatoms. The Kier molecular flexibility index (Phi) is 4.34. The SMILES string of the molecule is COc1cccc(N2C(=O)c3cccnc3[C@H]2Nc2cccc(Br)c2)c1. The van der Waals surface area contributed by atoms with Crippen LogP contribution in [0.25, 0.3) is 0 Å². The maximum Gasteiger partial charge on any atom is 0.262 e. The van der Waals surface area contributed by atoms with E-state index in [1.807, 2.05) is 48.5 Å². The number of carbonyl (C=O) groups is 1. The summed E-state index contributed by atoms with van der Waals surface area (Å²) < 4.78 is 6.28. The number of pyridine rings is 1. The van der Waals surface area contributed by atoms with Gasteiger partial charge < -0.3 is 10.1 Å². The molecule has 1 aliphatic rings. The highest BCUT2D eigenvalue weighted by Gasteiger charge is 2.39. The number of fused-ring (bicyclic) bond motifs is 1.